The summed E-state index contributed by atoms with van der Waals surface area (Å²) in [7, 11) is 1.37. The number of aromatic nitrogens is 1. The molecular formula is C17H22N2O3. The maximum absolute atomic E-state index is 11.2. The van der Waals surface area contributed by atoms with Gasteiger partial charge >= 0.3 is 5.97 Å². The van der Waals surface area contributed by atoms with Gasteiger partial charge < -0.3 is 14.4 Å². The van der Waals surface area contributed by atoms with Gasteiger partial charge in [-0.15, -0.1) is 0 Å². The second kappa shape index (κ2) is 7.75. The van der Waals surface area contributed by atoms with E-state index in [-0.39, 0.29) is 18.3 Å². The molecule has 0 aliphatic carbocycles. The molecule has 1 aliphatic rings. The van der Waals surface area contributed by atoms with E-state index >= 15 is 0 Å². The zero-order chi connectivity index (χ0) is 15.9. The SMILES string of the molecule is COC(=O)/C=C/C1=CN(CCc2ccncc2)[C@H](C)O[C@@H]1C. The number of esters is 1. The molecule has 0 unspecified atom stereocenters. The van der Waals surface area contributed by atoms with Crippen LogP contribution >= 0.6 is 0 Å². The number of rotatable bonds is 5. The molecule has 1 aromatic heterocycles. The molecule has 0 saturated heterocycles. The monoisotopic (exact) mass is 302 g/mol. The molecule has 0 fully saturated rings. The van der Waals surface area contributed by atoms with Crippen molar-refractivity contribution in [1.29, 1.82) is 0 Å². The number of ether oxygens (including phenoxy) is 2. The van der Waals surface area contributed by atoms with E-state index in [4.69, 9.17) is 4.74 Å². The molecule has 1 aromatic rings. The Balaban J connectivity index is 2.04. The number of carbonyl (C=O) groups excluding carboxylic acids is 1. The van der Waals surface area contributed by atoms with Crippen molar-refractivity contribution in [2.45, 2.75) is 32.6 Å². The molecule has 0 spiro atoms. The van der Waals surface area contributed by atoms with Crippen LogP contribution < -0.4 is 0 Å². The van der Waals surface area contributed by atoms with Crippen LogP contribution in [0.4, 0.5) is 0 Å². The number of pyridine rings is 1. The van der Waals surface area contributed by atoms with Gasteiger partial charge in [0.15, 0.2) is 0 Å². The standard InChI is InChI=1S/C17H22N2O3/c1-13-16(4-5-17(20)21-3)12-19(14(2)22-13)11-8-15-6-9-18-10-7-15/h4-7,9-10,12-14H,8,11H2,1-3H3/b5-4+/t13-,14+/m1/s1. The van der Waals surface area contributed by atoms with Crippen LogP contribution in [0.15, 0.2) is 48.5 Å². The predicted molar refractivity (Wildman–Crippen MR) is 83.9 cm³/mol. The van der Waals surface area contributed by atoms with E-state index in [1.54, 1.807) is 18.5 Å². The van der Waals surface area contributed by atoms with Crippen molar-refractivity contribution in [3.8, 4) is 0 Å². The highest BCUT2D eigenvalue weighted by molar-refractivity contribution is 5.82. The van der Waals surface area contributed by atoms with Crippen LogP contribution in [0.5, 0.6) is 0 Å². The minimum Gasteiger partial charge on any atom is -0.466 e. The molecule has 2 rings (SSSR count). The van der Waals surface area contributed by atoms with Crippen molar-refractivity contribution < 1.29 is 14.3 Å². The third-order valence-electron chi connectivity index (χ3n) is 3.67. The number of methoxy groups -OCH3 is 1. The van der Waals surface area contributed by atoms with E-state index in [1.165, 1.54) is 18.7 Å². The average molecular weight is 302 g/mol. The summed E-state index contributed by atoms with van der Waals surface area (Å²) in [5.41, 5.74) is 2.19. The molecule has 5 heteroatoms. The first-order valence-corrected chi connectivity index (χ1v) is 7.38. The number of hydrogen-bond donors (Lipinski definition) is 0. The van der Waals surface area contributed by atoms with Gasteiger partial charge in [-0.25, -0.2) is 4.79 Å². The maximum atomic E-state index is 11.2. The van der Waals surface area contributed by atoms with E-state index in [9.17, 15) is 4.79 Å². The molecule has 0 saturated carbocycles. The molecular weight excluding hydrogens is 280 g/mol. The van der Waals surface area contributed by atoms with Gasteiger partial charge in [0.25, 0.3) is 0 Å². The van der Waals surface area contributed by atoms with Crippen molar-refractivity contribution >= 4 is 5.97 Å². The first kappa shape index (κ1) is 16.2. The van der Waals surface area contributed by atoms with Gasteiger partial charge in [0.2, 0.25) is 0 Å². The predicted octanol–water partition coefficient (Wildman–Crippen LogP) is 2.30. The Kier molecular flexibility index (Phi) is 5.72. The Bertz CT molecular complexity index is 554. The van der Waals surface area contributed by atoms with Crippen molar-refractivity contribution in [2.75, 3.05) is 13.7 Å². The lowest BCUT2D eigenvalue weighted by Gasteiger charge is -2.36. The fraction of sp³-hybridized carbons (Fsp3) is 0.412. The van der Waals surface area contributed by atoms with Crippen LogP contribution in [0.1, 0.15) is 19.4 Å². The first-order chi connectivity index (χ1) is 10.6. The van der Waals surface area contributed by atoms with Crippen LogP contribution in [-0.4, -0.2) is 41.8 Å². The maximum Gasteiger partial charge on any atom is 0.330 e. The van der Waals surface area contributed by atoms with E-state index < -0.39 is 0 Å². The number of nitrogens with zero attached hydrogens (tertiary/aromatic N) is 2. The van der Waals surface area contributed by atoms with Crippen LogP contribution in [-0.2, 0) is 20.7 Å². The van der Waals surface area contributed by atoms with Crippen molar-refractivity contribution in [2.24, 2.45) is 0 Å². The summed E-state index contributed by atoms with van der Waals surface area (Å²) in [6.45, 7) is 4.85. The van der Waals surface area contributed by atoms with Crippen LogP contribution in [0, 0.1) is 0 Å². The van der Waals surface area contributed by atoms with Crippen molar-refractivity contribution in [3.05, 3.63) is 54.0 Å². The Hall–Kier alpha value is -2.14. The van der Waals surface area contributed by atoms with Crippen LogP contribution in [0.25, 0.3) is 0 Å². The first-order valence-electron chi connectivity index (χ1n) is 7.38. The molecule has 22 heavy (non-hydrogen) atoms. The van der Waals surface area contributed by atoms with Gasteiger partial charge in [-0.3, -0.25) is 4.98 Å². The normalized spacial score (nSPS) is 21.8. The third-order valence-corrected chi connectivity index (χ3v) is 3.67. The topological polar surface area (TPSA) is 51.7 Å². The van der Waals surface area contributed by atoms with Gasteiger partial charge in [-0.05, 0) is 49.6 Å². The molecule has 2 heterocycles. The molecule has 0 radical (unpaired) electrons. The molecule has 0 N–H and O–H groups in total. The molecule has 0 aromatic carbocycles. The Morgan fingerprint density at radius 1 is 1.41 bits per heavy atom. The second-order valence-corrected chi connectivity index (χ2v) is 5.21. The van der Waals surface area contributed by atoms with Crippen molar-refractivity contribution in [1.82, 2.24) is 9.88 Å². The third kappa shape index (κ3) is 4.43. The Labute approximate surface area is 131 Å². The summed E-state index contributed by atoms with van der Waals surface area (Å²) in [4.78, 5) is 17.4. The van der Waals surface area contributed by atoms with Crippen LogP contribution in [0.2, 0.25) is 0 Å². The molecule has 1 aliphatic heterocycles. The average Bonchev–Trinajstić information content (AvgIpc) is 2.53. The fourth-order valence-electron chi connectivity index (χ4n) is 2.32. The summed E-state index contributed by atoms with van der Waals surface area (Å²) in [6.07, 6.45) is 9.70. The van der Waals surface area contributed by atoms with Crippen LogP contribution in [0.3, 0.4) is 0 Å². The Morgan fingerprint density at radius 3 is 2.82 bits per heavy atom. The van der Waals surface area contributed by atoms with Gasteiger partial charge in [-0.1, -0.05) is 0 Å². The minimum absolute atomic E-state index is 0.00659. The van der Waals surface area contributed by atoms with Gasteiger partial charge in [0.1, 0.15) is 6.23 Å². The highest BCUT2D eigenvalue weighted by atomic mass is 16.5. The lowest BCUT2D eigenvalue weighted by Crippen LogP contribution is -2.39. The molecule has 2 atom stereocenters. The zero-order valence-electron chi connectivity index (χ0n) is 13.2. The zero-order valence-corrected chi connectivity index (χ0v) is 13.2. The van der Waals surface area contributed by atoms with E-state index in [0.29, 0.717) is 0 Å². The number of hydrogen-bond acceptors (Lipinski definition) is 5. The minimum atomic E-state index is -0.366. The van der Waals surface area contributed by atoms with Gasteiger partial charge in [-0.2, -0.15) is 0 Å². The highest BCUT2D eigenvalue weighted by Gasteiger charge is 2.22. The lowest BCUT2D eigenvalue weighted by molar-refractivity contribution is -0.134. The quantitative estimate of drug-likeness (QED) is 0.617. The summed E-state index contributed by atoms with van der Waals surface area (Å²) in [5, 5.41) is 0. The molecule has 118 valence electrons. The molecule has 0 bridgehead atoms. The summed E-state index contributed by atoms with van der Waals surface area (Å²) in [5.74, 6) is -0.366. The molecule has 0 amide bonds. The lowest BCUT2D eigenvalue weighted by atomic mass is 10.1. The van der Waals surface area contributed by atoms with E-state index in [0.717, 1.165) is 18.5 Å². The van der Waals surface area contributed by atoms with E-state index in [2.05, 4.69) is 20.8 Å². The smallest absolute Gasteiger partial charge is 0.330 e. The van der Waals surface area contributed by atoms with Gasteiger partial charge in [0, 0.05) is 31.2 Å². The summed E-state index contributed by atoms with van der Waals surface area (Å²) >= 11 is 0. The Morgan fingerprint density at radius 2 is 2.14 bits per heavy atom. The van der Waals surface area contributed by atoms with E-state index in [1.807, 2.05) is 26.0 Å². The summed E-state index contributed by atoms with van der Waals surface area (Å²) < 4.78 is 10.5. The fourth-order valence-corrected chi connectivity index (χ4v) is 2.32. The number of carbonyl (C=O) groups is 1. The largest absolute Gasteiger partial charge is 0.466 e. The van der Waals surface area contributed by atoms with Crippen molar-refractivity contribution in [3.63, 3.8) is 0 Å². The highest BCUT2D eigenvalue weighted by Crippen LogP contribution is 2.21. The molecule has 5 nitrogen and oxygen atoms in total. The van der Waals surface area contributed by atoms with Gasteiger partial charge in [0.05, 0.1) is 13.2 Å². The second-order valence-electron chi connectivity index (χ2n) is 5.21. The summed E-state index contributed by atoms with van der Waals surface area (Å²) in [6, 6.07) is 4.03.